The third-order valence-electron chi connectivity index (χ3n) is 4.25. The first-order chi connectivity index (χ1) is 11.9. The first-order valence-corrected chi connectivity index (χ1v) is 8.71. The molecule has 2 aromatic rings. The fourth-order valence-corrected chi connectivity index (χ4v) is 3.15. The fraction of sp³-hybridized carbons (Fsp3) is 0.278. The quantitative estimate of drug-likeness (QED) is 0.755. The third-order valence-corrected chi connectivity index (χ3v) is 4.99. The molecule has 1 unspecified atom stereocenters. The second-order valence-corrected chi connectivity index (χ2v) is 6.85. The molecule has 1 heterocycles. The zero-order valence-electron chi connectivity index (χ0n) is 13.7. The van der Waals surface area contributed by atoms with Crippen molar-refractivity contribution in [1.29, 1.82) is 0 Å². The van der Waals surface area contributed by atoms with Crippen LogP contribution in [-0.4, -0.2) is 31.3 Å². The van der Waals surface area contributed by atoms with Gasteiger partial charge in [-0.25, -0.2) is 4.79 Å². The molecular weight excluding hydrogens is 361 g/mol. The van der Waals surface area contributed by atoms with E-state index >= 15 is 0 Å². The zero-order valence-corrected chi connectivity index (χ0v) is 15.2. The van der Waals surface area contributed by atoms with Crippen molar-refractivity contribution in [3.8, 4) is 0 Å². The number of aliphatic hydroxyl groups is 1. The summed E-state index contributed by atoms with van der Waals surface area (Å²) in [6.45, 7) is 1.10. The van der Waals surface area contributed by atoms with Crippen LogP contribution in [0.5, 0.6) is 0 Å². The molecule has 0 spiro atoms. The molecule has 5 nitrogen and oxygen atoms in total. The summed E-state index contributed by atoms with van der Waals surface area (Å²) in [5, 5.41) is 16.4. The minimum atomic E-state index is -0.768. The predicted octanol–water partition coefficient (Wildman–Crippen LogP) is 3.84. The summed E-state index contributed by atoms with van der Waals surface area (Å²) < 4.78 is 0. The topological polar surface area (TPSA) is 64.6 Å². The number of carbonyl (C=O) groups excluding carboxylic acids is 1. The molecule has 1 aliphatic rings. The molecule has 0 radical (unpaired) electrons. The number of hydrogen-bond acceptors (Lipinski definition) is 3. The molecule has 2 aromatic carbocycles. The second kappa shape index (κ2) is 7.52. The molecule has 1 atom stereocenters. The van der Waals surface area contributed by atoms with Crippen molar-refractivity contribution in [1.82, 2.24) is 5.32 Å². The number of aliphatic hydroxyl groups excluding tert-OH is 1. The molecule has 0 fully saturated rings. The van der Waals surface area contributed by atoms with E-state index in [1.807, 2.05) is 18.2 Å². The molecule has 3 N–H and O–H groups in total. The molecule has 3 rings (SSSR count). The number of nitrogens with one attached hydrogen (secondary N) is 2. The predicted molar refractivity (Wildman–Crippen MR) is 102 cm³/mol. The van der Waals surface area contributed by atoms with E-state index in [1.165, 1.54) is 11.3 Å². The molecule has 25 heavy (non-hydrogen) atoms. The SMILES string of the molecule is CN1CCc2cc(C(O)CNC(=O)Nc3ccc(Cl)c(Cl)c3)ccc21. The summed E-state index contributed by atoms with van der Waals surface area (Å²) >= 11 is 11.8. The van der Waals surface area contributed by atoms with E-state index in [0.717, 1.165) is 18.5 Å². The maximum atomic E-state index is 12.0. The molecule has 2 amide bonds. The number of carbonyl (C=O) groups is 1. The summed E-state index contributed by atoms with van der Waals surface area (Å²) in [4.78, 5) is 14.1. The van der Waals surface area contributed by atoms with Crippen LogP contribution in [0.25, 0.3) is 0 Å². The first-order valence-electron chi connectivity index (χ1n) is 7.96. The number of halogens is 2. The maximum Gasteiger partial charge on any atom is 0.319 e. The molecule has 0 aromatic heterocycles. The number of anilines is 2. The van der Waals surface area contributed by atoms with E-state index in [4.69, 9.17) is 23.2 Å². The van der Waals surface area contributed by atoms with Gasteiger partial charge in [0, 0.05) is 31.5 Å². The highest BCUT2D eigenvalue weighted by Crippen LogP contribution is 2.29. The fourth-order valence-electron chi connectivity index (χ4n) is 2.85. The summed E-state index contributed by atoms with van der Waals surface area (Å²) in [6.07, 6.45) is 0.202. The van der Waals surface area contributed by atoms with Crippen molar-refractivity contribution in [3.63, 3.8) is 0 Å². The Morgan fingerprint density at radius 3 is 2.80 bits per heavy atom. The van der Waals surface area contributed by atoms with Gasteiger partial charge in [-0.1, -0.05) is 35.3 Å². The van der Waals surface area contributed by atoms with E-state index in [9.17, 15) is 9.90 Å². The minimum absolute atomic E-state index is 0.113. The van der Waals surface area contributed by atoms with Crippen molar-refractivity contribution in [2.24, 2.45) is 0 Å². The standard InChI is InChI=1S/C18H19Cl2N3O2/c1-23-7-6-11-8-12(2-5-16(11)23)17(24)10-21-18(25)22-13-3-4-14(19)15(20)9-13/h2-5,8-9,17,24H,6-7,10H2,1H3,(H2,21,22,25). The van der Waals surface area contributed by atoms with Crippen LogP contribution in [0.4, 0.5) is 16.2 Å². The van der Waals surface area contributed by atoms with Crippen molar-refractivity contribution < 1.29 is 9.90 Å². The van der Waals surface area contributed by atoms with E-state index in [1.54, 1.807) is 18.2 Å². The van der Waals surface area contributed by atoms with Crippen LogP contribution in [0.2, 0.25) is 10.0 Å². The summed E-state index contributed by atoms with van der Waals surface area (Å²) in [5.74, 6) is 0. The highest BCUT2D eigenvalue weighted by atomic mass is 35.5. The van der Waals surface area contributed by atoms with Crippen molar-refractivity contribution in [2.75, 3.05) is 30.4 Å². The molecule has 1 aliphatic heterocycles. The molecule has 0 aliphatic carbocycles. The van der Waals surface area contributed by atoms with Gasteiger partial charge in [-0.3, -0.25) is 0 Å². The summed E-state index contributed by atoms with van der Waals surface area (Å²) in [7, 11) is 2.05. The molecule has 0 saturated carbocycles. The zero-order chi connectivity index (χ0) is 18.0. The van der Waals surface area contributed by atoms with Crippen LogP contribution in [0.15, 0.2) is 36.4 Å². The van der Waals surface area contributed by atoms with Crippen LogP contribution in [0.3, 0.4) is 0 Å². The van der Waals surface area contributed by atoms with Gasteiger partial charge in [0.05, 0.1) is 16.1 Å². The largest absolute Gasteiger partial charge is 0.387 e. The Kier molecular flexibility index (Phi) is 5.37. The number of likely N-dealkylation sites (N-methyl/N-ethyl adjacent to an activating group) is 1. The van der Waals surface area contributed by atoms with Gasteiger partial charge in [0.2, 0.25) is 0 Å². The Balaban J connectivity index is 1.56. The van der Waals surface area contributed by atoms with Gasteiger partial charge >= 0.3 is 6.03 Å². The smallest absolute Gasteiger partial charge is 0.319 e. The average Bonchev–Trinajstić information content (AvgIpc) is 2.96. The van der Waals surface area contributed by atoms with Gasteiger partial charge in [0.1, 0.15) is 0 Å². The number of fused-ring (bicyclic) bond motifs is 1. The Bertz CT molecular complexity index is 798. The number of hydrogen-bond donors (Lipinski definition) is 3. The molecule has 0 bridgehead atoms. The number of benzene rings is 2. The van der Waals surface area contributed by atoms with Crippen molar-refractivity contribution in [3.05, 3.63) is 57.6 Å². The normalized spacial score (nSPS) is 14.2. The van der Waals surface area contributed by atoms with Gasteiger partial charge in [0.25, 0.3) is 0 Å². The van der Waals surface area contributed by atoms with Crippen LogP contribution in [0, 0.1) is 0 Å². The molecular formula is C18H19Cl2N3O2. The first kappa shape index (κ1) is 17.9. The third kappa shape index (κ3) is 4.18. The van der Waals surface area contributed by atoms with Gasteiger partial charge in [-0.05, 0) is 41.8 Å². The van der Waals surface area contributed by atoms with Gasteiger partial charge < -0.3 is 20.6 Å². The summed E-state index contributed by atoms with van der Waals surface area (Å²) in [5.41, 5.74) is 3.74. The van der Waals surface area contributed by atoms with E-state index in [-0.39, 0.29) is 6.54 Å². The molecule has 7 heteroatoms. The minimum Gasteiger partial charge on any atom is -0.387 e. The van der Waals surface area contributed by atoms with Gasteiger partial charge in [0.15, 0.2) is 0 Å². The Hall–Kier alpha value is -1.95. The van der Waals surface area contributed by atoms with Crippen LogP contribution in [-0.2, 0) is 6.42 Å². The lowest BCUT2D eigenvalue weighted by molar-refractivity contribution is 0.175. The number of amides is 2. The Morgan fingerprint density at radius 2 is 2.04 bits per heavy atom. The van der Waals surface area contributed by atoms with Gasteiger partial charge in [-0.15, -0.1) is 0 Å². The van der Waals surface area contributed by atoms with Crippen LogP contribution < -0.4 is 15.5 Å². The maximum absolute atomic E-state index is 12.0. The lowest BCUT2D eigenvalue weighted by Crippen LogP contribution is -2.32. The Labute approximate surface area is 156 Å². The second-order valence-electron chi connectivity index (χ2n) is 6.04. The monoisotopic (exact) mass is 379 g/mol. The lowest BCUT2D eigenvalue weighted by atomic mass is 10.0. The molecule has 0 saturated heterocycles. The van der Waals surface area contributed by atoms with Gasteiger partial charge in [-0.2, -0.15) is 0 Å². The number of rotatable bonds is 4. The van der Waals surface area contributed by atoms with Crippen LogP contribution in [0.1, 0.15) is 17.2 Å². The highest BCUT2D eigenvalue weighted by molar-refractivity contribution is 6.42. The number of nitrogens with zero attached hydrogens (tertiary/aromatic N) is 1. The van der Waals surface area contributed by atoms with E-state index < -0.39 is 12.1 Å². The average molecular weight is 380 g/mol. The van der Waals surface area contributed by atoms with Crippen molar-refractivity contribution >= 4 is 40.6 Å². The van der Waals surface area contributed by atoms with Crippen LogP contribution >= 0.6 is 23.2 Å². The number of urea groups is 1. The Morgan fingerprint density at radius 1 is 1.24 bits per heavy atom. The van der Waals surface area contributed by atoms with Crippen molar-refractivity contribution in [2.45, 2.75) is 12.5 Å². The molecule has 132 valence electrons. The summed E-state index contributed by atoms with van der Waals surface area (Å²) in [6, 6.07) is 10.3. The lowest BCUT2D eigenvalue weighted by Gasteiger charge is -2.16. The van der Waals surface area contributed by atoms with E-state index in [2.05, 4.69) is 22.6 Å². The van der Waals surface area contributed by atoms with E-state index in [0.29, 0.717) is 15.7 Å². The highest BCUT2D eigenvalue weighted by Gasteiger charge is 2.18.